The predicted octanol–water partition coefficient (Wildman–Crippen LogP) is 4.25. The molecule has 0 bridgehead atoms. The fourth-order valence-electron chi connectivity index (χ4n) is 3.62. The minimum atomic E-state index is -4.40. The zero-order chi connectivity index (χ0) is 21.1. The van der Waals surface area contributed by atoms with Crippen molar-refractivity contribution in [2.75, 3.05) is 38.8 Å². The van der Waals surface area contributed by atoms with Crippen LogP contribution >= 0.6 is 0 Å². The SMILES string of the molecule is CN(C)c1ccc(C(=O)NCC2(c3cccc(C(F)(F)F)c3)CCOCC2)cc1. The number of amides is 1. The fraction of sp³-hybridized carbons (Fsp3) is 0.409. The van der Waals surface area contributed by atoms with Gasteiger partial charge >= 0.3 is 6.18 Å². The molecule has 2 aromatic carbocycles. The molecule has 1 heterocycles. The molecule has 1 saturated heterocycles. The van der Waals surface area contributed by atoms with Gasteiger partial charge in [0.1, 0.15) is 0 Å². The summed E-state index contributed by atoms with van der Waals surface area (Å²) in [6.45, 7) is 1.15. The lowest BCUT2D eigenvalue weighted by Gasteiger charge is -2.38. The second kappa shape index (κ2) is 8.45. The van der Waals surface area contributed by atoms with E-state index in [0.29, 0.717) is 37.2 Å². The molecule has 0 atom stereocenters. The van der Waals surface area contributed by atoms with Crippen LogP contribution in [0.1, 0.15) is 34.3 Å². The third kappa shape index (κ3) is 4.90. The number of carbonyl (C=O) groups excluding carboxylic acids is 1. The average molecular weight is 406 g/mol. The Bertz CT molecular complexity index is 842. The zero-order valence-corrected chi connectivity index (χ0v) is 16.6. The lowest BCUT2D eigenvalue weighted by Crippen LogP contribution is -2.44. The van der Waals surface area contributed by atoms with Crippen molar-refractivity contribution in [2.45, 2.75) is 24.4 Å². The smallest absolute Gasteiger partial charge is 0.381 e. The highest BCUT2D eigenvalue weighted by molar-refractivity contribution is 5.94. The molecular formula is C22H25F3N2O2. The van der Waals surface area contributed by atoms with E-state index in [2.05, 4.69) is 5.32 Å². The number of hydrogen-bond donors (Lipinski definition) is 1. The van der Waals surface area contributed by atoms with E-state index in [1.54, 1.807) is 18.2 Å². The Hall–Kier alpha value is -2.54. The van der Waals surface area contributed by atoms with Crippen LogP contribution in [0.4, 0.5) is 18.9 Å². The molecule has 4 nitrogen and oxygen atoms in total. The largest absolute Gasteiger partial charge is 0.416 e. The van der Waals surface area contributed by atoms with Crippen molar-refractivity contribution < 1.29 is 22.7 Å². The molecule has 3 rings (SSSR count). The van der Waals surface area contributed by atoms with E-state index in [-0.39, 0.29) is 12.5 Å². The lowest BCUT2D eigenvalue weighted by atomic mass is 9.73. The standard InChI is InChI=1S/C22H25F3N2O2/c1-27(2)19-8-6-16(7-9-19)20(28)26-15-21(10-12-29-13-11-21)17-4-3-5-18(14-17)22(23,24)25/h3-9,14H,10-13,15H2,1-2H3,(H,26,28). The number of ether oxygens (including phenoxy) is 1. The van der Waals surface area contributed by atoms with Gasteiger partial charge in [-0.3, -0.25) is 4.79 Å². The molecular weight excluding hydrogens is 381 g/mol. The highest BCUT2D eigenvalue weighted by Crippen LogP contribution is 2.37. The number of rotatable bonds is 5. The van der Waals surface area contributed by atoms with Gasteiger partial charge in [-0.1, -0.05) is 18.2 Å². The molecule has 1 N–H and O–H groups in total. The Morgan fingerprint density at radius 3 is 2.34 bits per heavy atom. The van der Waals surface area contributed by atoms with E-state index in [9.17, 15) is 18.0 Å². The fourth-order valence-corrected chi connectivity index (χ4v) is 3.62. The number of halogens is 3. The van der Waals surface area contributed by atoms with Crippen molar-refractivity contribution in [1.82, 2.24) is 5.32 Å². The Balaban J connectivity index is 1.80. The van der Waals surface area contributed by atoms with Crippen LogP contribution in [0.15, 0.2) is 48.5 Å². The highest BCUT2D eigenvalue weighted by atomic mass is 19.4. The molecule has 7 heteroatoms. The quantitative estimate of drug-likeness (QED) is 0.807. The maximum atomic E-state index is 13.2. The summed E-state index contributed by atoms with van der Waals surface area (Å²) >= 11 is 0. The molecule has 0 unspecified atom stereocenters. The van der Waals surface area contributed by atoms with Crippen molar-refractivity contribution in [2.24, 2.45) is 0 Å². The summed E-state index contributed by atoms with van der Waals surface area (Å²) < 4.78 is 45.0. The van der Waals surface area contributed by atoms with Crippen LogP contribution in [-0.4, -0.2) is 39.8 Å². The summed E-state index contributed by atoms with van der Waals surface area (Å²) in [4.78, 5) is 14.6. The summed E-state index contributed by atoms with van der Waals surface area (Å²) in [5.41, 5.74) is 0.817. The van der Waals surface area contributed by atoms with Crippen LogP contribution in [0.3, 0.4) is 0 Å². The van der Waals surface area contributed by atoms with E-state index in [1.807, 2.05) is 31.1 Å². The Kier molecular flexibility index (Phi) is 6.17. The van der Waals surface area contributed by atoms with E-state index in [1.165, 1.54) is 12.1 Å². The molecule has 0 saturated carbocycles. The molecule has 2 aromatic rings. The summed E-state index contributed by atoms with van der Waals surface area (Å²) in [7, 11) is 3.83. The Morgan fingerprint density at radius 1 is 1.10 bits per heavy atom. The van der Waals surface area contributed by atoms with Gasteiger partial charge in [0.2, 0.25) is 0 Å². The number of hydrogen-bond acceptors (Lipinski definition) is 3. The van der Waals surface area contributed by atoms with Crippen LogP contribution < -0.4 is 10.2 Å². The molecule has 0 aromatic heterocycles. The first-order valence-corrected chi connectivity index (χ1v) is 9.52. The number of nitrogens with one attached hydrogen (secondary N) is 1. The van der Waals surface area contributed by atoms with Crippen molar-refractivity contribution >= 4 is 11.6 Å². The van der Waals surface area contributed by atoms with E-state index in [0.717, 1.165) is 11.8 Å². The van der Waals surface area contributed by atoms with Gasteiger partial charge in [0.05, 0.1) is 5.56 Å². The van der Waals surface area contributed by atoms with Crippen LogP contribution in [0.2, 0.25) is 0 Å². The molecule has 0 spiro atoms. The average Bonchev–Trinajstić information content (AvgIpc) is 2.72. The van der Waals surface area contributed by atoms with Gasteiger partial charge in [0.15, 0.2) is 0 Å². The van der Waals surface area contributed by atoms with Crippen LogP contribution in [0.25, 0.3) is 0 Å². The number of carbonyl (C=O) groups is 1. The topological polar surface area (TPSA) is 41.6 Å². The minimum absolute atomic E-state index is 0.242. The Morgan fingerprint density at radius 2 is 1.76 bits per heavy atom. The molecule has 0 aliphatic carbocycles. The second-order valence-electron chi connectivity index (χ2n) is 7.60. The molecule has 1 aliphatic rings. The molecule has 1 fully saturated rings. The molecule has 1 amide bonds. The maximum Gasteiger partial charge on any atom is 0.416 e. The molecule has 0 radical (unpaired) electrons. The van der Waals surface area contributed by atoms with Crippen LogP contribution in [0.5, 0.6) is 0 Å². The highest BCUT2D eigenvalue weighted by Gasteiger charge is 2.37. The maximum absolute atomic E-state index is 13.2. The van der Waals surface area contributed by atoms with E-state index >= 15 is 0 Å². The molecule has 29 heavy (non-hydrogen) atoms. The van der Waals surface area contributed by atoms with Crippen molar-refractivity contribution in [1.29, 1.82) is 0 Å². The number of alkyl halides is 3. The molecule has 156 valence electrons. The first-order chi connectivity index (χ1) is 13.7. The van der Waals surface area contributed by atoms with Gasteiger partial charge in [-0.15, -0.1) is 0 Å². The third-order valence-corrected chi connectivity index (χ3v) is 5.49. The monoisotopic (exact) mass is 406 g/mol. The van der Waals surface area contributed by atoms with E-state index in [4.69, 9.17) is 4.74 Å². The van der Waals surface area contributed by atoms with E-state index < -0.39 is 17.2 Å². The summed E-state index contributed by atoms with van der Waals surface area (Å²) in [6.07, 6.45) is -3.30. The van der Waals surface area contributed by atoms with Gasteiger partial charge < -0.3 is 15.0 Å². The van der Waals surface area contributed by atoms with Gasteiger partial charge in [0, 0.05) is 50.5 Å². The first kappa shape index (κ1) is 21.2. The lowest BCUT2D eigenvalue weighted by molar-refractivity contribution is -0.137. The van der Waals surface area contributed by atoms with Gasteiger partial charge in [-0.25, -0.2) is 0 Å². The third-order valence-electron chi connectivity index (χ3n) is 5.49. The van der Waals surface area contributed by atoms with Crippen LogP contribution in [0, 0.1) is 0 Å². The normalized spacial score (nSPS) is 16.3. The summed E-state index contributed by atoms with van der Waals surface area (Å²) in [5.74, 6) is -0.242. The van der Waals surface area contributed by atoms with Crippen LogP contribution in [-0.2, 0) is 16.3 Å². The van der Waals surface area contributed by atoms with Crippen molar-refractivity contribution in [3.63, 3.8) is 0 Å². The van der Waals surface area contributed by atoms with Gasteiger partial charge in [-0.05, 0) is 48.7 Å². The number of nitrogens with zero attached hydrogens (tertiary/aromatic N) is 1. The van der Waals surface area contributed by atoms with Gasteiger partial charge in [0.25, 0.3) is 5.91 Å². The van der Waals surface area contributed by atoms with Gasteiger partial charge in [-0.2, -0.15) is 13.2 Å². The number of anilines is 1. The molecule has 1 aliphatic heterocycles. The van der Waals surface area contributed by atoms with Crippen molar-refractivity contribution in [3.05, 3.63) is 65.2 Å². The van der Waals surface area contributed by atoms with Crippen molar-refractivity contribution in [3.8, 4) is 0 Å². The summed E-state index contributed by atoms with van der Waals surface area (Å²) in [6, 6.07) is 12.6. The predicted molar refractivity (Wildman–Crippen MR) is 106 cm³/mol. The first-order valence-electron chi connectivity index (χ1n) is 9.52. The zero-order valence-electron chi connectivity index (χ0n) is 16.6. The minimum Gasteiger partial charge on any atom is -0.381 e. The Labute approximate surface area is 168 Å². The number of benzene rings is 2. The summed E-state index contributed by atoms with van der Waals surface area (Å²) in [5, 5.41) is 2.93. The second-order valence-corrected chi connectivity index (χ2v) is 7.60.